The molecule has 3 rings (SSSR count). The van der Waals surface area contributed by atoms with E-state index in [-0.39, 0.29) is 5.91 Å². The van der Waals surface area contributed by atoms with E-state index < -0.39 is 0 Å². The summed E-state index contributed by atoms with van der Waals surface area (Å²) in [4.78, 5) is 21.2. The van der Waals surface area contributed by atoms with E-state index in [1.807, 2.05) is 36.5 Å². The van der Waals surface area contributed by atoms with Crippen molar-refractivity contribution in [1.29, 1.82) is 0 Å². The summed E-state index contributed by atoms with van der Waals surface area (Å²) >= 11 is 5.87. The van der Waals surface area contributed by atoms with Crippen LogP contribution in [0, 0.1) is 6.92 Å². The third kappa shape index (κ3) is 5.53. The molecule has 1 N–H and O–H groups in total. The summed E-state index contributed by atoms with van der Waals surface area (Å²) in [6.45, 7) is 7.69. The minimum atomic E-state index is 0.0639. The van der Waals surface area contributed by atoms with Gasteiger partial charge in [0.15, 0.2) is 0 Å². The Hall–Kier alpha value is -1.95. The topological polar surface area (TPSA) is 48.5 Å². The summed E-state index contributed by atoms with van der Waals surface area (Å²) in [5, 5.41) is 3.68. The highest BCUT2D eigenvalue weighted by atomic mass is 35.5. The molecule has 0 atom stereocenters. The van der Waals surface area contributed by atoms with Gasteiger partial charge in [-0.25, -0.2) is 0 Å². The van der Waals surface area contributed by atoms with Crippen molar-refractivity contribution < 1.29 is 4.79 Å². The Labute approximate surface area is 160 Å². The number of aromatic nitrogens is 1. The molecule has 2 aromatic rings. The second-order valence-electron chi connectivity index (χ2n) is 6.72. The number of amides is 1. The van der Waals surface area contributed by atoms with Crippen LogP contribution in [0.1, 0.15) is 16.8 Å². The van der Waals surface area contributed by atoms with Crippen LogP contribution < -0.4 is 5.32 Å². The van der Waals surface area contributed by atoms with Crippen LogP contribution in [0.2, 0.25) is 5.02 Å². The van der Waals surface area contributed by atoms with Gasteiger partial charge in [-0.05, 0) is 36.2 Å². The molecule has 0 bridgehead atoms. The molecule has 26 heavy (non-hydrogen) atoms. The maximum absolute atomic E-state index is 12.2. The quantitative estimate of drug-likeness (QED) is 0.846. The van der Waals surface area contributed by atoms with Gasteiger partial charge >= 0.3 is 0 Å². The van der Waals surface area contributed by atoms with Crippen molar-refractivity contribution in [2.75, 3.05) is 32.7 Å². The number of halogens is 1. The zero-order chi connectivity index (χ0) is 18.4. The van der Waals surface area contributed by atoms with Crippen molar-refractivity contribution >= 4 is 17.5 Å². The summed E-state index contributed by atoms with van der Waals surface area (Å²) in [7, 11) is 0. The standard InChI is InChI=1S/C20H25ClN4O/c1-16-3-2-8-22-19(16)14-24-9-11-25(12-10-24)15-20(26)23-13-17-4-6-18(21)7-5-17/h2-8H,9-15H2,1H3,(H,23,26). The first-order valence-corrected chi connectivity index (χ1v) is 9.34. The first kappa shape index (κ1) is 18.8. The van der Waals surface area contributed by atoms with Crippen LogP contribution in [0.25, 0.3) is 0 Å². The largest absolute Gasteiger partial charge is 0.351 e. The van der Waals surface area contributed by atoms with E-state index in [0.717, 1.165) is 44.0 Å². The van der Waals surface area contributed by atoms with E-state index >= 15 is 0 Å². The fourth-order valence-electron chi connectivity index (χ4n) is 3.06. The lowest BCUT2D eigenvalue weighted by atomic mass is 10.2. The molecule has 1 fully saturated rings. The normalized spacial score (nSPS) is 15.8. The number of rotatable bonds is 6. The second-order valence-corrected chi connectivity index (χ2v) is 7.16. The molecule has 2 heterocycles. The van der Waals surface area contributed by atoms with Crippen LogP contribution in [0.15, 0.2) is 42.6 Å². The number of hydrogen-bond donors (Lipinski definition) is 1. The van der Waals surface area contributed by atoms with Crippen LogP contribution in [0.3, 0.4) is 0 Å². The Bertz CT molecular complexity index is 727. The van der Waals surface area contributed by atoms with Crippen molar-refractivity contribution in [2.24, 2.45) is 0 Å². The first-order chi connectivity index (χ1) is 12.6. The van der Waals surface area contributed by atoms with Crippen LogP contribution in [0.5, 0.6) is 0 Å². The smallest absolute Gasteiger partial charge is 0.234 e. The van der Waals surface area contributed by atoms with Crippen molar-refractivity contribution in [3.8, 4) is 0 Å². The lowest BCUT2D eigenvalue weighted by Crippen LogP contribution is -2.49. The summed E-state index contributed by atoms with van der Waals surface area (Å²) in [6, 6.07) is 11.6. The van der Waals surface area contributed by atoms with E-state index in [9.17, 15) is 4.79 Å². The molecule has 1 aliphatic heterocycles. The number of aryl methyl sites for hydroxylation is 1. The van der Waals surface area contributed by atoms with Gasteiger partial charge in [0.2, 0.25) is 5.91 Å². The van der Waals surface area contributed by atoms with Gasteiger partial charge < -0.3 is 5.32 Å². The molecule has 0 unspecified atom stereocenters. The number of carbonyl (C=O) groups excluding carboxylic acids is 1. The third-order valence-electron chi connectivity index (χ3n) is 4.73. The Kier molecular flexibility index (Phi) is 6.61. The molecule has 0 spiro atoms. The molecular weight excluding hydrogens is 348 g/mol. The Morgan fingerprint density at radius 3 is 2.50 bits per heavy atom. The number of piperazine rings is 1. The maximum atomic E-state index is 12.2. The summed E-state index contributed by atoms with van der Waals surface area (Å²) in [6.07, 6.45) is 1.85. The second kappa shape index (κ2) is 9.12. The van der Waals surface area contributed by atoms with Gasteiger partial charge in [0, 0.05) is 50.5 Å². The number of nitrogens with one attached hydrogen (secondary N) is 1. The highest BCUT2D eigenvalue weighted by Crippen LogP contribution is 2.11. The fraction of sp³-hybridized carbons (Fsp3) is 0.400. The minimum absolute atomic E-state index is 0.0639. The van der Waals surface area contributed by atoms with E-state index in [0.29, 0.717) is 18.1 Å². The SMILES string of the molecule is Cc1cccnc1CN1CCN(CC(=O)NCc2ccc(Cl)cc2)CC1. The van der Waals surface area contributed by atoms with Gasteiger partial charge in [0.1, 0.15) is 0 Å². The number of hydrogen-bond acceptors (Lipinski definition) is 4. The van der Waals surface area contributed by atoms with E-state index in [1.54, 1.807) is 0 Å². The van der Waals surface area contributed by atoms with Crippen LogP contribution >= 0.6 is 11.6 Å². The van der Waals surface area contributed by atoms with Crippen molar-refractivity contribution in [1.82, 2.24) is 20.1 Å². The highest BCUT2D eigenvalue weighted by Gasteiger charge is 2.19. The molecule has 1 amide bonds. The van der Waals surface area contributed by atoms with Crippen molar-refractivity contribution in [3.63, 3.8) is 0 Å². The van der Waals surface area contributed by atoms with E-state index in [1.165, 1.54) is 5.56 Å². The summed E-state index contributed by atoms with van der Waals surface area (Å²) in [5.74, 6) is 0.0639. The lowest BCUT2D eigenvalue weighted by molar-refractivity contribution is -0.122. The Morgan fingerprint density at radius 1 is 1.12 bits per heavy atom. The van der Waals surface area contributed by atoms with E-state index in [2.05, 4.69) is 33.1 Å². The molecule has 1 aromatic heterocycles. The summed E-state index contributed by atoms with van der Waals surface area (Å²) < 4.78 is 0. The zero-order valence-electron chi connectivity index (χ0n) is 15.1. The number of nitrogens with zero attached hydrogens (tertiary/aromatic N) is 3. The highest BCUT2D eigenvalue weighted by molar-refractivity contribution is 6.30. The Morgan fingerprint density at radius 2 is 1.81 bits per heavy atom. The van der Waals surface area contributed by atoms with Crippen LogP contribution in [-0.2, 0) is 17.9 Å². The molecule has 5 nitrogen and oxygen atoms in total. The number of benzene rings is 1. The molecule has 0 radical (unpaired) electrons. The first-order valence-electron chi connectivity index (χ1n) is 8.96. The van der Waals surface area contributed by atoms with Gasteiger partial charge in [-0.1, -0.05) is 29.8 Å². The minimum Gasteiger partial charge on any atom is -0.351 e. The van der Waals surface area contributed by atoms with Crippen LogP contribution in [-0.4, -0.2) is 53.4 Å². The molecular formula is C20H25ClN4O. The van der Waals surface area contributed by atoms with Crippen molar-refractivity contribution in [2.45, 2.75) is 20.0 Å². The molecule has 0 aliphatic carbocycles. The lowest BCUT2D eigenvalue weighted by Gasteiger charge is -2.34. The molecule has 138 valence electrons. The van der Waals surface area contributed by atoms with Crippen LogP contribution in [0.4, 0.5) is 0 Å². The number of carbonyl (C=O) groups is 1. The molecule has 0 saturated carbocycles. The Balaban J connectivity index is 1.38. The van der Waals surface area contributed by atoms with Gasteiger partial charge in [-0.15, -0.1) is 0 Å². The van der Waals surface area contributed by atoms with E-state index in [4.69, 9.17) is 11.6 Å². The zero-order valence-corrected chi connectivity index (χ0v) is 15.9. The third-order valence-corrected chi connectivity index (χ3v) is 4.98. The van der Waals surface area contributed by atoms with Gasteiger partial charge in [-0.2, -0.15) is 0 Å². The molecule has 1 saturated heterocycles. The average molecular weight is 373 g/mol. The molecule has 6 heteroatoms. The molecule has 1 aromatic carbocycles. The fourth-order valence-corrected chi connectivity index (χ4v) is 3.19. The molecule has 1 aliphatic rings. The number of pyridine rings is 1. The van der Waals surface area contributed by atoms with Gasteiger partial charge in [-0.3, -0.25) is 19.6 Å². The van der Waals surface area contributed by atoms with Gasteiger partial charge in [0.05, 0.1) is 12.2 Å². The average Bonchev–Trinajstić information content (AvgIpc) is 2.65. The van der Waals surface area contributed by atoms with Crippen molar-refractivity contribution in [3.05, 3.63) is 64.4 Å². The predicted molar refractivity (Wildman–Crippen MR) is 104 cm³/mol. The predicted octanol–water partition coefficient (Wildman–Crippen LogP) is 2.48. The van der Waals surface area contributed by atoms with Gasteiger partial charge in [0.25, 0.3) is 0 Å². The maximum Gasteiger partial charge on any atom is 0.234 e. The summed E-state index contributed by atoms with van der Waals surface area (Å²) in [5.41, 5.74) is 3.43. The monoisotopic (exact) mass is 372 g/mol.